The average molecular weight is 373 g/mol. The van der Waals surface area contributed by atoms with Crippen LogP contribution in [0.3, 0.4) is 0 Å². The predicted molar refractivity (Wildman–Crippen MR) is 105 cm³/mol. The van der Waals surface area contributed by atoms with Crippen LogP contribution in [0.2, 0.25) is 0 Å². The molecule has 7 heteroatoms. The lowest BCUT2D eigenvalue weighted by Gasteiger charge is -2.33. The molecule has 0 spiro atoms. The molecule has 3 aliphatic rings. The van der Waals surface area contributed by atoms with E-state index >= 15 is 0 Å². The Kier molecular flexibility index (Phi) is 5.88. The third-order valence-electron chi connectivity index (χ3n) is 6.33. The van der Waals surface area contributed by atoms with Gasteiger partial charge in [0.2, 0.25) is 11.9 Å². The van der Waals surface area contributed by atoms with Crippen LogP contribution in [-0.4, -0.2) is 65.1 Å². The highest BCUT2D eigenvalue weighted by atomic mass is 16.1. The van der Waals surface area contributed by atoms with Crippen molar-refractivity contribution in [2.45, 2.75) is 63.1 Å². The molecule has 0 bridgehead atoms. The minimum atomic E-state index is 0.202. The monoisotopic (exact) mass is 372 g/mol. The van der Waals surface area contributed by atoms with Gasteiger partial charge in [0, 0.05) is 63.1 Å². The summed E-state index contributed by atoms with van der Waals surface area (Å²) in [4.78, 5) is 26.0. The van der Waals surface area contributed by atoms with Gasteiger partial charge in [-0.05, 0) is 50.5 Å². The summed E-state index contributed by atoms with van der Waals surface area (Å²) in [6.45, 7) is 3.63. The summed E-state index contributed by atoms with van der Waals surface area (Å²) in [5.74, 6) is 1.83. The Morgan fingerprint density at radius 3 is 2.44 bits per heavy atom. The second kappa shape index (κ2) is 8.52. The van der Waals surface area contributed by atoms with Crippen LogP contribution in [0.25, 0.3) is 0 Å². The van der Waals surface area contributed by atoms with E-state index in [9.17, 15) is 4.79 Å². The first kappa shape index (κ1) is 18.6. The smallest absolute Gasteiger partial charge is 0.225 e. The number of aromatic nitrogens is 2. The van der Waals surface area contributed by atoms with E-state index in [0.717, 1.165) is 57.2 Å². The van der Waals surface area contributed by atoms with Gasteiger partial charge in [0.05, 0.1) is 0 Å². The summed E-state index contributed by atoms with van der Waals surface area (Å²) in [6, 6.07) is 2.94. The fourth-order valence-electron chi connectivity index (χ4n) is 4.56. The van der Waals surface area contributed by atoms with Crippen molar-refractivity contribution < 1.29 is 4.79 Å². The average Bonchev–Trinajstić information content (AvgIpc) is 3.44. The largest absolute Gasteiger partial charge is 0.353 e. The first-order chi connectivity index (χ1) is 13.2. The summed E-state index contributed by atoms with van der Waals surface area (Å²) in [7, 11) is 0. The molecule has 0 aromatic carbocycles. The minimum Gasteiger partial charge on any atom is -0.353 e. The molecule has 2 saturated heterocycles. The van der Waals surface area contributed by atoms with Crippen molar-refractivity contribution in [3.05, 3.63) is 18.5 Å². The van der Waals surface area contributed by atoms with E-state index in [1.807, 2.05) is 6.07 Å². The van der Waals surface area contributed by atoms with Gasteiger partial charge in [-0.15, -0.1) is 0 Å². The summed E-state index contributed by atoms with van der Waals surface area (Å²) < 4.78 is 0. The molecule has 1 aliphatic carbocycles. The van der Waals surface area contributed by atoms with Crippen molar-refractivity contribution in [3.8, 4) is 0 Å². The van der Waals surface area contributed by atoms with Crippen molar-refractivity contribution in [1.29, 1.82) is 0 Å². The zero-order chi connectivity index (χ0) is 18.6. The molecule has 2 aliphatic heterocycles. The molecular formula is C20H32N6O. The number of piperidine rings is 1. The first-order valence-corrected chi connectivity index (χ1v) is 10.5. The Labute approximate surface area is 161 Å². The Bertz CT molecular complexity index is 614. The van der Waals surface area contributed by atoms with Gasteiger partial charge >= 0.3 is 0 Å². The molecule has 3 heterocycles. The quantitative estimate of drug-likeness (QED) is 0.747. The molecule has 148 valence electrons. The highest BCUT2D eigenvalue weighted by molar-refractivity contribution is 5.77. The lowest BCUT2D eigenvalue weighted by Crippen LogP contribution is -2.47. The van der Waals surface area contributed by atoms with E-state index in [2.05, 4.69) is 25.1 Å². The van der Waals surface area contributed by atoms with Crippen LogP contribution < -0.4 is 16.0 Å². The molecule has 0 unspecified atom stereocenters. The minimum absolute atomic E-state index is 0.202. The van der Waals surface area contributed by atoms with Crippen molar-refractivity contribution in [3.63, 3.8) is 0 Å². The van der Waals surface area contributed by atoms with E-state index in [-0.39, 0.29) is 11.9 Å². The van der Waals surface area contributed by atoms with Crippen LogP contribution in [0.5, 0.6) is 0 Å². The zero-order valence-electron chi connectivity index (χ0n) is 16.1. The number of carbonyl (C=O) groups excluding carboxylic acids is 1. The van der Waals surface area contributed by atoms with Gasteiger partial charge in [0.25, 0.3) is 0 Å². The summed E-state index contributed by atoms with van der Waals surface area (Å²) in [6.07, 6.45) is 11.0. The molecule has 0 radical (unpaired) electrons. The number of rotatable bonds is 7. The Balaban J connectivity index is 1.23. The molecule has 2 atom stereocenters. The van der Waals surface area contributed by atoms with Gasteiger partial charge in [-0.1, -0.05) is 0 Å². The molecular weight excluding hydrogens is 340 g/mol. The standard InChI is InChI=1S/C20H32N6O/c21-13-18-5-4-17(26(18)14-15-2-3-15)12-19(27)24-16-6-10-25(11-7-16)20-22-8-1-9-23-20/h1,8-9,15-18H,2-7,10-14,21H2,(H,24,27)/t17-,18+/m0/s1. The van der Waals surface area contributed by atoms with Gasteiger partial charge in [-0.25, -0.2) is 9.97 Å². The molecule has 1 aromatic rings. The maximum Gasteiger partial charge on any atom is 0.225 e. The van der Waals surface area contributed by atoms with E-state index in [1.54, 1.807) is 12.4 Å². The molecule has 3 fully saturated rings. The van der Waals surface area contributed by atoms with Crippen LogP contribution in [0, 0.1) is 5.92 Å². The van der Waals surface area contributed by atoms with Gasteiger partial charge in [0.15, 0.2) is 0 Å². The predicted octanol–water partition coefficient (Wildman–Crippen LogP) is 1.15. The third-order valence-corrected chi connectivity index (χ3v) is 6.33. The van der Waals surface area contributed by atoms with Crippen molar-refractivity contribution in [1.82, 2.24) is 20.2 Å². The van der Waals surface area contributed by atoms with Gasteiger partial charge in [-0.2, -0.15) is 0 Å². The van der Waals surface area contributed by atoms with E-state index in [4.69, 9.17) is 5.73 Å². The lowest BCUT2D eigenvalue weighted by atomic mass is 10.0. The number of nitrogens with one attached hydrogen (secondary N) is 1. The van der Waals surface area contributed by atoms with E-state index in [1.165, 1.54) is 12.8 Å². The number of carbonyl (C=O) groups is 1. The lowest BCUT2D eigenvalue weighted by molar-refractivity contribution is -0.123. The normalized spacial score (nSPS) is 27.1. The summed E-state index contributed by atoms with van der Waals surface area (Å²) >= 11 is 0. The number of hydrogen-bond acceptors (Lipinski definition) is 6. The highest BCUT2D eigenvalue weighted by Gasteiger charge is 2.37. The fourth-order valence-corrected chi connectivity index (χ4v) is 4.56. The van der Waals surface area contributed by atoms with Crippen LogP contribution in [0.15, 0.2) is 18.5 Å². The van der Waals surface area contributed by atoms with Crippen LogP contribution in [0.1, 0.15) is 44.9 Å². The second-order valence-corrected chi connectivity index (χ2v) is 8.34. The molecule has 3 N–H and O–H groups in total. The molecule has 27 heavy (non-hydrogen) atoms. The number of hydrogen-bond donors (Lipinski definition) is 2. The number of nitrogens with two attached hydrogens (primary N) is 1. The van der Waals surface area contributed by atoms with Gasteiger partial charge < -0.3 is 16.0 Å². The molecule has 1 saturated carbocycles. The van der Waals surface area contributed by atoms with Crippen molar-refractivity contribution in [2.24, 2.45) is 11.7 Å². The molecule has 1 aromatic heterocycles. The number of amides is 1. The Morgan fingerprint density at radius 1 is 1.07 bits per heavy atom. The maximum absolute atomic E-state index is 12.7. The van der Waals surface area contributed by atoms with Crippen LogP contribution in [-0.2, 0) is 4.79 Å². The zero-order valence-corrected chi connectivity index (χ0v) is 16.1. The second-order valence-electron chi connectivity index (χ2n) is 8.34. The fraction of sp³-hybridized carbons (Fsp3) is 0.750. The SMILES string of the molecule is NC[C@H]1CC[C@@H](CC(=O)NC2CCN(c3ncccn3)CC2)N1CC1CC1. The molecule has 4 rings (SSSR count). The van der Waals surface area contributed by atoms with Crippen LogP contribution in [0.4, 0.5) is 5.95 Å². The van der Waals surface area contributed by atoms with Crippen LogP contribution >= 0.6 is 0 Å². The van der Waals surface area contributed by atoms with E-state index in [0.29, 0.717) is 25.0 Å². The number of nitrogens with zero attached hydrogens (tertiary/aromatic N) is 4. The maximum atomic E-state index is 12.7. The van der Waals surface area contributed by atoms with Crippen molar-refractivity contribution >= 4 is 11.9 Å². The summed E-state index contributed by atoms with van der Waals surface area (Å²) in [5.41, 5.74) is 5.97. The topological polar surface area (TPSA) is 87.4 Å². The summed E-state index contributed by atoms with van der Waals surface area (Å²) in [5, 5.41) is 3.28. The third kappa shape index (κ3) is 4.76. The van der Waals surface area contributed by atoms with Gasteiger partial charge in [0.1, 0.15) is 0 Å². The highest BCUT2D eigenvalue weighted by Crippen LogP contribution is 2.35. The number of anilines is 1. The Morgan fingerprint density at radius 2 is 1.78 bits per heavy atom. The van der Waals surface area contributed by atoms with Gasteiger partial charge in [-0.3, -0.25) is 9.69 Å². The van der Waals surface area contributed by atoms with Crippen molar-refractivity contribution in [2.75, 3.05) is 31.1 Å². The molecule has 1 amide bonds. The van der Waals surface area contributed by atoms with E-state index < -0.39 is 0 Å². The number of likely N-dealkylation sites (tertiary alicyclic amines) is 1. The Hall–Kier alpha value is -1.73. The molecule has 7 nitrogen and oxygen atoms in total. The first-order valence-electron chi connectivity index (χ1n) is 10.5.